The number of aromatic nitrogens is 3. The van der Waals surface area contributed by atoms with E-state index in [9.17, 15) is 18.3 Å². The second-order valence-corrected chi connectivity index (χ2v) is 28.0. The molecule has 20 atom stereocenters. The van der Waals surface area contributed by atoms with E-state index in [1.54, 1.807) is 7.11 Å². The highest BCUT2D eigenvalue weighted by atomic mass is 31.3. The number of nitrogens with zero attached hydrogens (tertiary/aromatic N) is 3. The second-order valence-electron chi connectivity index (χ2n) is 19.8. The van der Waals surface area contributed by atoms with Gasteiger partial charge in [0.2, 0.25) is 0 Å². The molecule has 0 aliphatic carbocycles. The zero-order valence-corrected chi connectivity index (χ0v) is 46.2. The fourth-order valence-corrected chi connectivity index (χ4v) is 15.9. The van der Waals surface area contributed by atoms with Crippen molar-refractivity contribution >= 4 is 92.0 Å². The van der Waals surface area contributed by atoms with Crippen LogP contribution in [-0.4, -0.2) is 187 Å². The molecule has 378 valence electrons. The normalized spacial score (nSPS) is 37.6. The molecule has 0 saturated carbocycles. The Balaban J connectivity index is 1.04. The Labute approximate surface area is 407 Å². The van der Waals surface area contributed by atoms with Crippen molar-refractivity contribution in [1.29, 1.82) is 0 Å². The number of anilines is 1. The Morgan fingerprint density at radius 1 is 0.721 bits per heavy atom. The van der Waals surface area contributed by atoms with Gasteiger partial charge < -0.3 is 60.7 Å². The number of ether oxygens (including phenoxy) is 5. The van der Waals surface area contributed by atoms with Crippen molar-refractivity contribution in [2.75, 3.05) is 72.6 Å². The second kappa shape index (κ2) is 22.8. The minimum atomic E-state index is -4.04. The van der Waals surface area contributed by atoms with E-state index in [0.29, 0.717) is 13.0 Å². The van der Waals surface area contributed by atoms with Gasteiger partial charge in [-0.2, -0.15) is 0 Å². The zero-order chi connectivity index (χ0) is 50.3. The van der Waals surface area contributed by atoms with Crippen molar-refractivity contribution in [1.82, 2.24) is 14.5 Å². The first-order valence-electron chi connectivity index (χ1n) is 23.8. The minimum absolute atomic E-state index is 0.00751. The molecule has 0 aromatic carbocycles. The highest BCUT2D eigenvalue weighted by Crippen LogP contribution is 2.62. The van der Waals surface area contributed by atoms with Gasteiger partial charge in [-0.1, -0.05) is 34.6 Å². The molecule has 4 aliphatic heterocycles. The number of fused-ring (bicyclic) bond motifs is 1. The summed E-state index contributed by atoms with van der Waals surface area (Å²) in [5.41, 5.74) is 0.731. The molecule has 4 aliphatic rings. The van der Waals surface area contributed by atoms with Crippen LogP contribution in [0.3, 0.4) is 0 Å². The first-order valence-corrected chi connectivity index (χ1v) is 31.8. The van der Waals surface area contributed by atoms with Gasteiger partial charge in [0.05, 0.1) is 79.4 Å². The standard InChI is InChI=1S/C38H72B6N4O16P4/c1-19-20(2)38(48-14-13-25-36(45-7)46-24(6)47-37(25)48)61-26(19)15-56-67(11,51)64-68(12,52)57-18-29-32(23(5)35(60-29)44(41)42)63-66(10,50)55-17-28-31(22(4)34(43-40)59-28)62-65(9,49)54-16-27-30(53-8)21(3)33(39)58-27/h13-14,19-23,26-35,38,43H,15-18,39-42H2,1-12H3,(H,45,46,47). The van der Waals surface area contributed by atoms with Gasteiger partial charge in [0.25, 0.3) is 0 Å². The third-order valence-electron chi connectivity index (χ3n) is 14.1. The number of hydrogen-bond donors (Lipinski definition) is 1. The fraction of sp³-hybridized carbons (Fsp3) is 0.842. The van der Waals surface area contributed by atoms with Crippen LogP contribution in [0.1, 0.15) is 46.7 Å². The van der Waals surface area contributed by atoms with Crippen LogP contribution in [0.4, 0.5) is 5.82 Å². The molecule has 0 amide bonds. The van der Waals surface area contributed by atoms with Crippen LogP contribution >= 0.6 is 30.4 Å². The molecular formula is C38H72B6N4O16P4. The molecule has 1 N–H and O–H groups in total. The average molecular weight is 1030 g/mol. The van der Waals surface area contributed by atoms with Crippen molar-refractivity contribution in [3.63, 3.8) is 0 Å². The van der Waals surface area contributed by atoms with E-state index in [0.717, 1.165) is 16.9 Å². The van der Waals surface area contributed by atoms with Gasteiger partial charge in [0, 0.05) is 88.7 Å². The highest BCUT2D eigenvalue weighted by Gasteiger charge is 2.50. The van der Waals surface area contributed by atoms with E-state index in [-0.39, 0.29) is 92.9 Å². The van der Waals surface area contributed by atoms with E-state index >= 15 is 0 Å². The van der Waals surface area contributed by atoms with Gasteiger partial charge in [-0.15, -0.1) is 0 Å². The Kier molecular flexibility index (Phi) is 19.0. The Morgan fingerprint density at radius 2 is 1.25 bits per heavy atom. The molecule has 20 unspecified atom stereocenters. The highest BCUT2D eigenvalue weighted by molar-refractivity contribution is 7.66. The summed E-state index contributed by atoms with van der Waals surface area (Å²) in [7, 11) is -3.49. The Bertz CT molecular complexity index is 2240. The van der Waals surface area contributed by atoms with Gasteiger partial charge in [0.15, 0.2) is 0 Å². The van der Waals surface area contributed by atoms with E-state index in [2.05, 4.69) is 22.2 Å². The molecule has 4 saturated heterocycles. The summed E-state index contributed by atoms with van der Waals surface area (Å²) in [5.74, 6) is 1.02. The predicted octanol–water partition coefficient (Wildman–Crippen LogP) is 2.15. The summed E-state index contributed by atoms with van der Waals surface area (Å²) in [4.78, 5) is 9.16. The number of hydrogen-bond acceptors (Lipinski definition) is 19. The van der Waals surface area contributed by atoms with Crippen molar-refractivity contribution in [2.45, 2.75) is 109 Å². The third kappa shape index (κ3) is 13.3. The number of aryl methyl sites for hydroxylation is 1. The summed E-state index contributed by atoms with van der Waals surface area (Å²) in [5, 5.41) is 3.99. The molecular weight excluding hydrogens is 957 g/mol. The van der Waals surface area contributed by atoms with Crippen molar-refractivity contribution < 1.29 is 73.4 Å². The van der Waals surface area contributed by atoms with Crippen molar-refractivity contribution in [3.8, 4) is 0 Å². The van der Waals surface area contributed by atoms with Gasteiger partial charge in [-0.25, -0.2) is 14.3 Å². The first-order chi connectivity index (χ1) is 31.7. The molecule has 6 rings (SSSR count). The molecule has 0 spiro atoms. The lowest BCUT2D eigenvalue weighted by molar-refractivity contribution is -0.0303. The topological polar surface area (TPSA) is 222 Å². The lowest BCUT2D eigenvalue weighted by Crippen LogP contribution is -2.38. The van der Waals surface area contributed by atoms with Gasteiger partial charge in [-0.05, 0) is 18.9 Å². The van der Waals surface area contributed by atoms with Crippen LogP contribution in [0, 0.1) is 36.5 Å². The lowest BCUT2D eigenvalue weighted by atomic mass is 9.16. The van der Waals surface area contributed by atoms with Crippen LogP contribution in [0.15, 0.2) is 12.3 Å². The quantitative estimate of drug-likeness (QED) is 0.124. The summed E-state index contributed by atoms with van der Waals surface area (Å²) in [6, 6.07) is 1.32. The Hall–Kier alpha value is -0.750. The SMILES string of the molecule is BBC1OC(COP(C)(=O)OC2C(COP(C)(=O)OP(C)(=O)OCC3OC(n4ccc5c(NC)nc(C)nc54)C(C)C3C)OC(B(B)B)C2C)C(OP(C)(=O)OCC2OC(B)C(C)C2OC)C1C. The molecule has 4 fully saturated rings. The van der Waals surface area contributed by atoms with Crippen LogP contribution in [0.25, 0.3) is 11.0 Å². The number of nitrogens with one attached hydrogen (secondary N) is 1. The van der Waals surface area contributed by atoms with E-state index in [1.165, 1.54) is 26.7 Å². The van der Waals surface area contributed by atoms with E-state index in [1.807, 2.05) is 89.6 Å². The maximum atomic E-state index is 14.2. The monoisotopic (exact) mass is 1030 g/mol. The van der Waals surface area contributed by atoms with Crippen molar-refractivity contribution in [2.24, 2.45) is 29.6 Å². The molecule has 6 heterocycles. The molecule has 2 aromatic rings. The van der Waals surface area contributed by atoms with Crippen LogP contribution in [0.2, 0.25) is 0 Å². The molecule has 2 aromatic heterocycles. The Morgan fingerprint density at radius 3 is 1.79 bits per heavy atom. The van der Waals surface area contributed by atoms with Crippen molar-refractivity contribution in [3.05, 3.63) is 18.1 Å². The number of rotatable bonds is 23. The third-order valence-corrected chi connectivity index (χ3v) is 20.2. The fourth-order valence-electron chi connectivity index (χ4n) is 10.0. The van der Waals surface area contributed by atoms with E-state index < -0.39 is 67.0 Å². The van der Waals surface area contributed by atoms with E-state index in [4.69, 9.17) is 55.1 Å². The summed E-state index contributed by atoms with van der Waals surface area (Å²) in [6.45, 7) is 16.6. The summed E-state index contributed by atoms with van der Waals surface area (Å²) >= 11 is 0. The average Bonchev–Trinajstić information content (AvgIpc) is 4.03. The molecule has 0 bridgehead atoms. The van der Waals surface area contributed by atoms with Crippen LogP contribution < -0.4 is 5.32 Å². The molecule has 0 radical (unpaired) electrons. The molecule has 68 heavy (non-hydrogen) atoms. The van der Waals surface area contributed by atoms with Gasteiger partial charge >= 0.3 is 30.4 Å². The van der Waals surface area contributed by atoms with Gasteiger partial charge in [0.1, 0.15) is 63.3 Å². The maximum absolute atomic E-state index is 14.2. The minimum Gasteiger partial charge on any atom is -0.379 e. The van der Waals surface area contributed by atoms with Crippen LogP contribution in [0.5, 0.6) is 0 Å². The maximum Gasteiger partial charge on any atom is 0.334 e. The predicted molar refractivity (Wildman–Crippen MR) is 274 cm³/mol. The smallest absolute Gasteiger partial charge is 0.334 e. The largest absolute Gasteiger partial charge is 0.379 e. The molecule has 20 nitrogen and oxygen atoms in total. The summed E-state index contributed by atoms with van der Waals surface area (Å²) < 4.78 is 130. The lowest BCUT2D eigenvalue weighted by Gasteiger charge is -2.29. The van der Waals surface area contributed by atoms with Crippen LogP contribution in [-0.2, 0) is 73.4 Å². The summed E-state index contributed by atoms with van der Waals surface area (Å²) in [6.07, 6.45) is -2.67. The first kappa shape index (κ1) is 56.5. The number of methoxy groups -OCH3 is 1. The molecule has 30 heteroatoms. The zero-order valence-electron chi connectivity index (χ0n) is 42.7. The van der Waals surface area contributed by atoms with Gasteiger partial charge in [-0.3, -0.25) is 18.3 Å².